The third kappa shape index (κ3) is 2.63. The predicted molar refractivity (Wildman–Crippen MR) is 80.2 cm³/mol. The Labute approximate surface area is 124 Å². The topological polar surface area (TPSA) is 41.1 Å². The summed E-state index contributed by atoms with van der Waals surface area (Å²) in [5, 5.41) is 4.13. The van der Waals surface area contributed by atoms with Crippen LogP contribution in [0.2, 0.25) is 5.15 Å². The Morgan fingerprint density at radius 1 is 1.25 bits per heavy atom. The van der Waals surface area contributed by atoms with Gasteiger partial charge in [0.05, 0.1) is 0 Å². The van der Waals surface area contributed by atoms with Gasteiger partial charge in [0.25, 0.3) is 0 Å². The number of nitrogens with one attached hydrogen (secondary N) is 1. The van der Waals surface area contributed by atoms with Crippen LogP contribution in [-0.2, 0) is 0 Å². The summed E-state index contributed by atoms with van der Waals surface area (Å²) >= 11 is 6.12. The van der Waals surface area contributed by atoms with Gasteiger partial charge in [-0.15, -0.1) is 0 Å². The second-order valence-electron chi connectivity index (χ2n) is 6.56. The number of hydrogen-bond donors (Lipinski definition) is 1. The van der Waals surface area contributed by atoms with E-state index in [1.54, 1.807) is 0 Å². The van der Waals surface area contributed by atoms with Gasteiger partial charge < -0.3 is 5.32 Å². The van der Waals surface area contributed by atoms with Crippen LogP contribution in [0.1, 0.15) is 50.8 Å². The number of anilines is 1. The zero-order valence-corrected chi connectivity index (χ0v) is 12.6. The Morgan fingerprint density at radius 2 is 2.05 bits per heavy atom. The molecule has 3 aliphatic rings. The molecule has 0 bridgehead atoms. The van der Waals surface area contributed by atoms with Crippen molar-refractivity contribution in [3.8, 4) is 0 Å². The van der Waals surface area contributed by atoms with Gasteiger partial charge in [-0.25, -0.2) is 9.97 Å². The van der Waals surface area contributed by atoms with Gasteiger partial charge in [0.1, 0.15) is 16.8 Å². The molecule has 0 radical (unpaired) electrons. The van der Waals surface area contributed by atoms with Crippen LogP contribution in [0.5, 0.6) is 0 Å². The highest BCUT2D eigenvalue weighted by molar-refractivity contribution is 6.29. The van der Waals surface area contributed by atoms with Gasteiger partial charge in [-0.2, -0.15) is 0 Å². The van der Waals surface area contributed by atoms with E-state index in [-0.39, 0.29) is 0 Å². The molecule has 20 heavy (non-hydrogen) atoms. The summed E-state index contributed by atoms with van der Waals surface area (Å²) in [7, 11) is 0. The highest BCUT2D eigenvalue weighted by Crippen LogP contribution is 2.39. The molecule has 3 fully saturated rings. The van der Waals surface area contributed by atoms with Crippen molar-refractivity contribution < 1.29 is 0 Å². The van der Waals surface area contributed by atoms with Crippen LogP contribution in [0.15, 0.2) is 6.07 Å². The van der Waals surface area contributed by atoms with E-state index in [1.165, 1.54) is 32.1 Å². The average molecular weight is 293 g/mol. The maximum Gasteiger partial charge on any atom is 0.135 e. The smallest absolute Gasteiger partial charge is 0.135 e. The van der Waals surface area contributed by atoms with Gasteiger partial charge in [-0.1, -0.05) is 11.6 Å². The van der Waals surface area contributed by atoms with Crippen molar-refractivity contribution >= 4 is 17.4 Å². The Balaban J connectivity index is 1.46. The van der Waals surface area contributed by atoms with Gasteiger partial charge in [-0.05, 0) is 39.0 Å². The number of likely N-dealkylation sites (tertiary alicyclic amines) is 1. The largest absolute Gasteiger partial charge is 0.366 e. The summed E-state index contributed by atoms with van der Waals surface area (Å²) in [6.07, 6.45) is 6.35. The quantitative estimate of drug-likeness (QED) is 0.866. The first-order valence-corrected chi connectivity index (χ1v) is 8.13. The summed E-state index contributed by atoms with van der Waals surface area (Å²) in [4.78, 5) is 11.6. The summed E-state index contributed by atoms with van der Waals surface area (Å²) in [5.41, 5.74) is 0. The Kier molecular flexibility index (Phi) is 3.11. The second-order valence-corrected chi connectivity index (χ2v) is 6.95. The first-order chi connectivity index (χ1) is 9.69. The normalized spacial score (nSPS) is 30.7. The predicted octanol–water partition coefficient (Wildman–Crippen LogP) is 3.04. The van der Waals surface area contributed by atoms with Crippen molar-refractivity contribution in [1.82, 2.24) is 14.9 Å². The summed E-state index contributed by atoms with van der Waals surface area (Å²) < 4.78 is 0. The van der Waals surface area contributed by atoms with E-state index in [0.717, 1.165) is 24.2 Å². The molecule has 2 unspecified atom stereocenters. The molecule has 2 aliphatic carbocycles. The van der Waals surface area contributed by atoms with Crippen LogP contribution < -0.4 is 5.32 Å². The van der Waals surface area contributed by atoms with E-state index in [2.05, 4.69) is 27.1 Å². The summed E-state index contributed by atoms with van der Waals surface area (Å²) in [6, 6.07) is 3.87. The van der Waals surface area contributed by atoms with E-state index in [1.807, 2.05) is 6.07 Å². The summed E-state index contributed by atoms with van der Waals surface area (Å²) in [5.74, 6) is 2.37. The molecule has 4 rings (SSSR count). The molecule has 4 nitrogen and oxygen atoms in total. The Bertz CT molecular complexity index is 513. The Hall–Kier alpha value is -0.870. The van der Waals surface area contributed by atoms with Crippen molar-refractivity contribution in [3.05, 3.63) is 17.0 Å². The molecule has 1 saturated heterocycles. The molecule has 108 valence electrons. The number of aromatic nitrogens is 2. The van der Waals surface area contributed by atoms with Gasteiger partial charge in [0, 0.05) is 36.7 Å². The van der Waals surface area contributed by atoms with Crippen molar-refractivity contribution in [3.63, 3.8) is 0 Å². The lowest BCUT2D eigenvalue weighted by Crippen LogP contribution is -2.31. The molecule has 2 atom stereocenters. The molecule has 1 N–H and O–H groups in total. The van der Waals surface area contributed by atoms with Gasteiger partial charge >= 0.3 is 0 Å². The standard InChI is InChI=1S/C15H21ClN4/c1-9-6-11(8-20(9)12-4-5-12)17-14-7-13(16)18-15(19-14)10-2-3-10/h7,9-12H,2-6,8H2,1H3,(H,17,18,19). The molecule has 1 aromatic rings. The van der Waals surface area contributed by atoms with Crippen LogP contribution in [0.25, 0.3) is 0 Å². The van der Waals surface area contributed by atoms with E-state index < -0.39 is 0 Å². The maximum absolute atomic E-state index is 6.12. The van der Waals surface area contributed by atoms with E-state index in [4.69, 9.17) is 11.6 Å². The number of nitrogens with zero attached hydrogens (tertiary/aromatic N) is 3. The summed E-state index contributed by atoms with van der Waals surface area (Å²) in [6.45, 7) is 3.47. The van der Waals surface area contributed by atoms with E-state index in [9.17, 15) is 0 Å². The molecule has 5 heteroatoms. The molecule has 0 amide bonds. The van der Waals surface area contributed by atoms with Crippen LogP contribution >= 0.6 is 11.6 Å². The van der Waals surface area contributed by atoms with Crippen LogP contribution in [0.3, 0.4) is 0 Å². The van der Waals surface area contributed by atoms with Crippen molar-refractivity contribution in [2.45, 2.75) is 63.1 Å². The lowest BCUT2D eigenvalue weighted by atomic mass is 10.2. The molecule has 2 heterocycles. The Morgan fingerprint density at radius 3 is 2.75 bits per heavy atom. The minimum atomic E-state index is 0.489. The highest BCUT2D eigenvalue weighted by Gasteiger charge is 2.38. The van der Waals surface area contributed by atoms with E-state index in [0.29, 0.717) is 23.2 Å². The third-order valence-corrected chi connectivity index (χ3v) is 4.84. The second kappa shape index (κ2) is 4.85. The lowest BCUT2D eigenvalue weighted by molar-refractivity contribution is 0.257. The third-order valence-electron chi connectivity index (χ3n) is 4.65. The SMILES string of the molecule is CC1CC(Nc2cc(Cl)nc(C3CC3)n2)CN1C1CC1. The van der Waals surface area contributed by atoms with Crippen LogP contribution in [0.4, 0.5) is 5.82 Å². The first kappa shape index (κ1) is 12.8. The van der Waals surface area contributed by atoms with Gasteiger partial charge in [-0.3, -0.25) is 4.90 Å². The molecular weight excluding hydrogens is 272 g/mol. The van der Waals surface area contributed by atoms with Crippen LogP contribution in [0, 0.1) is 0 Å². The zero-order valence-electron chi connectivity index (χ0n) is 11.8. The van der Waals surface area contributed by atoms with Gasteiger partial charge in [0.15, 0.2) is 0 Å². The average Bonchev–Trinajstić information content (AvgIpc) is 3.28. The number of rotatable bonds is 4. The van der Waals surface area contributed by atoms with Crippen molar-refractivity contribution in [1.29, 1.82) is 0 Å². The number of halogens is 1. The van der Waals surface area contributed by atoms with Crippen molar-refractivity contribution in [2.75, 3.05) is 11.9 Å². The van der Waals surface area contributed by atoms with Gasteiger partial charge in [0.2, 0.25) is 0 Å². The molecule has 2 saturated carbocycles. The van der Waals surface area contributed by atoms with E-state index >= 15 is 0 Å². The molecule has 0 spiro atoms. The molecule has 1 aliphatic heterocycles. The monoisotopic (exact) mass is 292 g/mol. The minimum absolute atomic E-state index is 0.489. The first-order valence-electron chi connectivity index (χ1n) is 7.76. The van der Waals surface area contributed by atoms with Crippen LogP contribution in [-0.4, -0.2) is 39.5 Å². The highest BCUT2D eigenvalue weighted by atomic mass is 35.5. The minimum Gasteiger partial charge on any atom is -0.366 e. The maximum atomic E-state index is 6.12. The molecular formula is C15H21ClN4. The zero-order chi connectivity index (χ0) is 13.7. The molecule has 1 aromatic heterocycles. The fourth-order valence-corrected chi connectivity index (χ4v) is 3.51. The lowest BCUT2D eigenvalue weighted by Gasteiger charge is -2.19. The molecule has 0 aromatic carbocycles. The fraction of sp³-hybridized carbons (Fsp3) is 0.733. The number of hydrogen-bond acceptors (Lipinski definition) is 4. The fourth-order valence-electron chi connectivity index (χ4n) is 3.32. The van der Waals surface area contributed by atoms with Crippen molar-refractivity contribution in [2.24, 2.45) is 0 Å².